The van der Waals surface area contributed by atoms with Gasteiger partial charge in [-0.25, -0.2) is 13.8 Å². The number of amides is 1. The number of aromatic carboxylic acids is 1. The zero-order valence-electron chi connectivity index (χ0n) is 56.4. The van der Waals surface area contributed by atoms with Crippen LogP contribution in [0.4, 0.5) is 5.69 Å². The summed E-state index contributed by atoms with van der Waals surface area (Å²) >= 11 is 6.48. The molecule has 9 heterocycles. The van der Waals surface area contributed by atoms with Crippen molar-refractivity contribution in [1.82, 2.24) is 19.0 Å². The van der Waals surface area contributed by atoms with Crippen molar-refractivity contribution in [2.75, 3.05) is 107 Å². The van der Waals surface area contributed by atoms with Crippen LogP contribution in [-0.2, 0) is 93.7 Å². The Balaban J connectivity index is 0.000000195. The molecular weight excluding hydrogens is 1280 g/mol. The van der Waals surface area contributed by atoms with E-state index in [0.717, 1.165) is 86.0 Å². The zero-order chi connectivity index (χ0) is 68.8. The number of carbonyl (C=O) groups excluding carboxylic acids is 3. The lowest BCUT2D eigenvalue weighted by molar-refractivity contribution is -0.139. The van der Waals surface area contributed by atoms with E-state index >= 15 is 0 Å². The van der Waals surface area contributed by atoms with Gasteiger partial charge in [0.15, 0.2) is 23.0 Å². The maximum Gasteiger partial charge on any atom is 0.343 e. The second-order valence-electron chi connectivity index (χ2n) is 26.1. The summed E-state index contributed by atoms with van der Waals surface area (Å²) in [4.78, 5) is 63.4. The summed E-state index contributed by atoms with van der Waals surface area (Å²) in [5, 5.41) is 21.0. The highest BCUT2D eigenvalue weighted by molar-refractivity contribution is 7.94. The Morgan fingerprint density at radius 2 is 1.35 bits per heavy atom. The SMILES string of the molecule is COC(=O)c1cn2c(c1OC)C[C@@H](OC)C2.CO[C@H]1CN[C@H](C(=O)O)C1.COc1c(C(=O)C[S@@]2(=O)=NC(=O)c3ccc4c(c3)N(C[C@@H]3CC[C@H]3[C@@H](OC)/C=C/C[C@H](C)C2)C[C@@]2(CCCc3cc(Cl)ccc32)CO4)cn2c1C[C@@H](OC)C2.COc1c(C(=O)O)cn2c1C[C@@H](OC)C2. The second-order valence-corrected chi connectivity index (χ2v) is 28.8. The number of carbonyl (C=O) groups is 5. The molecule has 26 heteroatoms. The Bertz CT molecular complexity index is 3830. The van der Waals surface area contributed by atoms with Crippen LogP contribution in [0.1, 0.15) is 115 Å². The summed E-state index contributed by atoms with van der Waals surface area (Å²) < 4.78 is 79.9. The van der Waals surface area contributed by atoms with E-state index < -0.39 is 39.4 Å². The molecule has 1 spiro atoms. The van der Waals surface area contributed by atoms with Gasteiger partial charge in [-0.1, -0.05) is 36.7 Å². The smallest absolute Gasteiger partial charge is 0.343 e. The van der Waals surface area contributed by atoms with E-state index in [-0.39, 0.29) is 64.9 Å². The second kappa shape index (κ2) is 31.1. The van der Waals surface area contributed by atoms with Gasteiger partial charge < -0.3 is 81.5 Å². The van der Waals surface area contributed by atoms with Crippen molar-refractivity contribution >= 4 is 56.6 Å². The lowest BCUT2D eigenvalue weighted by Gasteiger charge is -2.46. The van der Waals surface area contributed by atoms with E-state index in [2.05, 4.69) is 38.9 Å². The lowest BCUT2D eigenvalue weighted by Crippen LogP contribution is -2.49. The van der Waals surface area contributed by atoms with E-state index in [1.165, 1.54) is 32.5 Å². The monoisotopic (exact) mass is 1370 g/mol. The lowest BCUT2D eigenvalue weighted by atomic mass is 9.68. The Kier molecular flexibility index (Phi) is 23.2. The molecular formula is C70H91ClN6O18S. The fraction of sp³-hybridized carbons (Fsp3) is 0.557. The number of aryl methyl sites for hydroxylation is 1. The minimum atomic E-state index is -3.36. The van der Waals surface area contributed by atoms with Crippen LogP contribution in [0.25, 0.3) is 0 Å². The van der Waals surface area contributed by atoms with Gasteiger partial charge in [0.2, 0.25) is 0 Å². The molecule has 522 valence electrons. The number of benzene rings is 2. The number of carboxylic acid groups (broad SMARTS) is 2. The fourth-order valence-corrected chi connectivity index (χ4v) is 17.4. The number of nitrogens with zero attached hydrogens (tertiary/aromatic N) is 5. The van der Waals surface area contributed by atoms with Gasteiger partial charge in [0.05, 0.1) is 109 Å². The van der Waals surface area contributed by atoms with E-state index in [1.807, 2.05) is 38.8 Å². The first kappa shape index (κ1) is 71.5. The van der Waals surface area contributed by atoms with Gasteiger partial charge in [-0.2, -0.15) is 4.36 Å². The first-order chi connectivity index (χ1) is 46.1. The molecule has 13 rings (SSSR count). The van der Waals surface area contributed by atoms with E-state index in [9.17, 15) is 28.2 Å². The Morgan fingerprint density at radius 3 is 1.90 bits per heavy atom. The minimum absolute atomic E-state index is 0.00244. The number of hydrogen-bond donors (Lipinski definition) is 3. The molecule has 11 atom stereocenters. The average molecular weight is 1370 g/mol. The molecule has 2 aromatic carbocycles. The number of hydrogen-bond acceptors (Lipinski definition) is 18. The number of Topliss-reactive ketones (excluding diaryl/α,β-unsaturated/α-hetero) is 1. The number of fused-ring (bicyclic) bond motifs is 7. The molecule has 3 N–H and O–H groups in total. The van der Waals surface area contributed by atoms with Crippen molar-refractivity contribution in [3.05, 3.63) is 123 Å². The number of allylic oxidation sites excluding steroid dienone is 1. The summed E-state index contributed by atoms with van der Waals surface area (Å²) in [6, 6.07) is 11.3. The molecule has 8 aliphatic rings. The Morgan fingerprint density at radius 1 is 0.750 bits per heavy atom. The standard InChI is InChI=1S/C43H52ClN3O7S.C11H15NO4.C10H13NO4.C6H11NO3/c1-27-7-5-9-39(52-3)33-13-10-30(33)20-47-25-43(16-6-8-28-17-31(44)12-14-35(28)43)26-54-40-15-11-29(18-36(40)47)42(49)45-55(50,23-27)24-38(48)34-22-46-21-32(51-2)19-37(46)41(34)53-4;1-14-7-4-9-10(15-2)8(11(13)16-3)6-12(9)5-7;1-14-6-3-8-9(15-2)7(10(12)13)5-11(8)4-6;1-10-4-2-5(6(8)9)7-3-4/h5,9,11-12,14-15,17-18,22,27,30,32-33,39H,6-8,10,13,16,19-21,23-26H2,1-4H3;6-7H,4-5H2,1-3H3;5-6H,3-4H2,1-2H3,(H,12,13);4-5,7H,2-3H2,1H3,(H,8,9)/b9-5+;;;/t27-,30-,32+,33+,39-,43-,55+;7-;6-;4-,5+/m0111/s1. The van der Waals surface area contributed by atoms with Crippen LogP contribution in [0.15, 0.2) is 71.5 Å². The van der Waals surface area contributed by atoms with Gasteiger partial charge in [-0.15, -0.1) is 0 Å². The molecule has 96 heavy (non-hydrogen) atoms. The highest BCUT2D eigenvalue weighted by atomic mass is 35.5. The molecule has 0 radical (unpaired) electrons. The minimum Gasteiger partial charge on any atom is -0.494 e. The van der Waals surface area contributed by atoms with Crippen molar-refractivity contribution in [2.45, 2.75) is 133 Å². The molecule has 2 fully saturated rings. The first-order valence-corrected chi connectivity index (χ1v) is 34.8. The summed E-state index contributed by atoms with van der Waals surface area (Å²) in [6.07, 6.45) is 18.1. The number of halogens is 1. The number of aliphatic carboxylic acids is 1. The predicted octanol–water partition coefficient (Wildman–Crippen LogP) is 8.39. The number of anilines is 1. The highest BCUT2D eigenvalue weighted by Crippen LogP contribution is 2.48. The number of ether oxygens (including phenoxy) is 10. The van der Waals surface area contributed by atoms with Gasteiger partial charge in [0, 0.05) is 141 Å². The predicted molar refractivity (Wildman–Crippen MR) is 359 cm³/mol. The Hall–Kier alpha value is -7.23. The average Bonchev–Trinajstić information content (AvgIpc) is 1.37. The van der Waals surface area contributed by atoms with Crippen LogP contribution in [0.5, 0.6) is 23.0 Å². The van der Waals surface area contributed by atoms with Crippen LogP contribution >= 0.6 is 11.6 Å². The van der Waals surface area contributed by atoms with Crippen LogP contribution in [-0.4, -0.2) is 196 Å². The summed E-state index contributed by atoms with van der Waals surface area (Å²) in [6.45, 7) is 6.69. The van der Waals surface area contributed by atoms with Gasteiger partial charge in [0.25, 0.3) is 5.91 Å². The molecule has 6 aliphatic heterocycles. The van der Waals surface area contributed by atoms with Crippen molar-refractivity contribution in [3.8, 4) is 23.0 Å². The number of esters is 1. The van der Waals surface area contributed by atoms with Gasteiger partial charge in [0.1, 0.15) is 22.9 Å². The van der Waals surface area contributed by atoms with Gasteiger partial charge >= 0.3 is 17.9 Å². The summed E-state index contributed by atoms with van der Waals surface area (Å²) in [7, 11) is 11.0. The number of methoxy groups -OCH3 is 9. The third-order valence-corrected chi connectivity index (χ3v) is 22.6. The molecule has 24 nitrogen and oxygen atoms in total. The van der Waals surface area contributed by atoms with Crippen molar-refractivity contribution in [1.29, 1.82) is 0 Å². The maximum absolute atomic E-state index is 14.9. The number of rotatable bonds is 14. The molecule has 3 aromatic heterocycles. The normalized spacial score (nSPS) is 27.1. The quantitative estimate of drug-likeness (QED) is 0.0534. The molecule has 0 unspecified atom stereocenters. The summed E-state index contributed by atoms with van der Waals surface area (Å²) in [5.74, 6) is -0.515. The number of ketones is 1. The molecule has 1 saturated carbocycles. The van der Waals surface area contributed by atoms with E-state index in [0.29, 0.717) is 103 Å². The zero-order valence-corrected chi connectivity index (χ0v) is 58.0. The number of aromatic nitrogens is 3. The fourth-order valence-electron chi connectivity index (χ4n) is 14.9. The molecule has 1 amide bonds. The molecule has 5 aromatic rings. The molecule has 2 bridgehead atoms. The largest absolute Gasteiger partial charge is 0.494 e. The van der Waals surface area contributed by atoms with Crippen LogP contribution < -0.4 is 29.2 Å². The third-order valence-electron chi connectivity index (χ3n) is 20.1. The van der Waals surface area contributed by atoms with Crippen molar-refractivity contribution in [3.63, 3.8) is 0 Å². The highest BCUT2D eigenvalue weighted by Gasteiger charge is 2.45. The van der Waals surface area contributed by atoms with Crippen molar-refractivity contribution in [2.24, 2.45) is 22.1 Å². The van der Waals surface area contributed by atoms with Crippen LogP contribution in [0.2, 0.25) is 5.02 Å². The van der Waals surface area contributed by atoms with Crippen LogP contribution in [0.3, 0.4) is 0 Å². The number of nitrogens with one attached hydrogen (secondary N) is 1. The third kappa shape index (κ3) is 15.4. The van der Waals surface area contributed by atoms with E-state index in [1.54, 1.807) is 67.3 Å². The maximum atomic E-state index is 14.9. The van der Waals surface area contributed by atoms with Crippen LogP contribution in [0, 0.1) is 17.8 Å². The number of carboxylic acids is 2. The van der Waals surface area contributed by atoms with Gasteiger partial charge in [-0.3, -0.25) is 14.4 Å². The molecule has 2 aliphatic carbocycles. The summed E-state index contributed by atoms with van der Waals surface area (Å²) in [5.41, 5.74) is 7.27. The van der Waals surface area contributed by atoms with E-state index in [4.69, 9.17) is 69.2 Å². The topological polar surface area (TPSA) is 278 Å². The van der Waals surface area contributed by atoms with Gasteiger partial charge in [-0.05, 0) is 97.7 Å². The Labute approximate surface area is 565 Å². The first-order valence-electron chi connectivity index (χ1n) is 32.6. The molecule has 1 saturated heterocycles. The van der Waals surface area contributed by atoms with Crippen molar-refractivity contribution < 1.29 is 85.8 Å².